The Hall–Kier alpha value is -3.88. The van der Waals surface area contributed by atoms with Crippen LogP contribution >= 0.6 is 0 Å². The first-order chi connectivity index (χ1) is 12.6. The monoisotopic (exact) mass is 340 g/mol. The Kier molecular flexibility index (Phi) is 5.88. The van der Waals surface area contributed by atoms with E-state index in [2.05, 4.69) is 0 Å². The molecule has 126 valence electrons. The van der Waals surface area contributed by atoms with Crippen LogP contribution in [0.3, 0.4) is 0 Å². The topological polar surface area (TPSA) is 114 Å². The summed E-state index contributed by atoms with van der Waals surface area (Å²) in [7, 11) is 0. The summed E-state index contributed by atoms with van der Waals surface area (Å²) in [5.74, 6) is -1.02. The highest BCUT2D eigenvalue weighted by Gasteiger charge is 2.44. The highest BCUT2D eigenvalue weighted by atomic mass is 16.1. The van der Waals surface area contributed by atoms with E-state index in [1.807, 2.05) is 12.1 Å². The standard InChI is InChI=1S/C21H16N4O/c22-12-11-20(25)21(14-23,15-24)18(16-7-3-1-4-8-16)13-19(26)17-9-5-2-6-10-17/h1-11,18H,13,25H2/b20-11-. The molecule has 2 N–H and O–H groups in total. The van der Waals surface area contributed by atoms with E-state index in [4.69, 9.17) is 11.0 Å². The molecule has 5 nitrogen and oxygen atoms in total. The van der Waals surface area contributed by atoms with E-state index in [0.717, 1.165) is 6.08 Å². The Labute approximate surface area is 152 Å². The van der Waals surface area contributed by atoms with Crippen molar-refractivity contribution < 1.29 is 4.79 Å². The van der Waals surface area contributed by atoms with E-state index < -0.39 is 11.3 Å². The minimum Gasteiger partial charge on any atom is -0.399 e. The third-order valence-electron chi connectivity index (χ3n) is 4.24. The van der Waals surface area contributed by atoms with Crippen molar-refractivity contribution in [1.82, 2.24) is 0 Å². The Morgan fingerprint density at radius 1 is 1.00 bits per heavy atom. The molecule has 0 amide bonds. The van der Waals surface area contributed by atoms with Crippen molar-refractivity contribution in [3.05, 3.63) is 83.6 Å². The fourth-order valence-corrected chi connectivity index (χ4v) is 2.83. The zero-order valence-electron chi connectivity index (χ0n) is 14.0. The van der Waals surface area contributed by atoms with Gasteiger partial charge in [-0.3, -0.25) is 4.79 Å². The van der Waals surface area contributed by atoms with Crippen LogP contribution in [-0.2, 0) is 0 Å². The van der Waals surface area contributed by atoms with Crippen molar-refractivity contribution in [1.29, 1.82) is 15.8 Å². The summed E-state index contributed by atoms with van der Waals surface area (Å²) < 4.78 is 0. The molecule has 1 unspecified atom stereocenters. The highest BCUT2D eigenvalue weighted by Crippen LogP contribution is 2.42. The van der Waals surface area contributed by atoms with Gasteiger partial charge in [0.05, 0.1) is 23.9 Å². The first-order valence-corrected chi connectivity index (χ1v) is 7.90. The molecule has 0 aromatic heterocycles. The summed E-state index contributed by atoms with van der Waals surface area (Å²) in [5.41, 5.74) is 5.06. The van der Waals surface area contributed by atoms with Gasteiger partial charge in [0, 0.05) is 24.0 Å². The molecule has 0 fully saturated rings. The average Bonchev–Trinajstić information content (AvgIpc) is 2.70. The van der Waals surface area contributed by atoms with E-state index in [9.17, 15) is 15.3 Å². The SMILES string of the molecule is N#C/C=C(\N)C(C#N)(C#N)C(CC(=O)c1ccccc1)c1ccccc1. The Bertz CT molecular complexity index is 914. The number of rotatable bonds is 6. The highest BCUT2D eigenvalue weighted by molar-refractivity contribution is 5.96. The quantitative estimate of drug-likeness (QED) is 0.639. The van der Waals surface area contributed by atoms with Gasteiger partial charge in [-0.15, -0.1) is 0 Å². The summed E-state index contributed by atoms with van der Waals surface area (Å²) in [5, 5.41) is 28.5. The molecule has 1 atom stereocenters. The van der Waals surface area contributed by atoms with Gasteiger partial charge in [0.15, 0.2) is 11.2 Å². The number of nitrogens with zero attached hydrogens (tertiary/aromatic N) is 3. The third-order valence-corrected chi connectivity index (χ3v) is 4.24. The molecular weight excluding hydrogens is 324 g/mol. The maximum atomic E-state index is 12.7. The van der Waals surface area contributed by atoms with Crippen molar-refractivity contribution in [2.24, 2.45) is 11.1 Å². The van der Waals surface area contributed by atoms with Crippen LogP contribution in [0, 0.1) is 39.4 Å². The summed E-state index contributed by atoms with van der Waals surface area (Å²) >= 11 is 0. The second kappa shape index (κ2) is 8.29. The smallest absolute Gasteiger partial charge is 0.190 e. The van der Waals surface area contributed by atoms with E-state index in [-0.39, 0.29) is 17.9 Å². The molecule has 2 aromatic rings. The Balaban J connectivity index is 2.57. The van der Waals surface area contributed by atoms with Crippen LogP contribution in [0.25, 0.3) is 0 Å². The van der Waals surface area contributed by atoms with Gasteiger partial charge < -0.3 is 5.73 Å². The first kappa shape index (κ1) is 18.5. The third kappa shape index (κ3) is 3.61. The maximum Gasteiger partial charge on any atom is 0.190 e. The van der Waals surface area contributed by atoms with Gasteiger partial charge in [0.1, 0.15) is 0 Å². The zero-order chi connectivity index (χ0) is 19.0. The molecule has 0 spiro atoms. The van der Waals surface area contributed by atoms with Crippen molar-refractivity contribution in [3.63, 3.8) is 0 Å². The van der Waals surface area contributed by atoms with Crippen molar-refractivity contribution in [2.75, 3.05) is 0 Å². The molecule has 0 aliphatic heterocycles. The number of carbonyl (C=O) groups is 1. The van der Waals surface area contributed by atoms with Gasteiger partial charge in [-0.1, -0.05) is 60.7 Å². The van der Waals surface area contributed by atoms with Gasteiger partial charge in [-0.2, -0.15) is 15.8 Å². The summed E-state index contributed by atoms with van der Waals surface area (Å²) in [6.07, 6.45) is 0.893. The van der Waals surface area contributed by atoms with Gasteiger partial charge in [0.25, 0.3) is 0 Å². The van der Waals surface area contributed by atoms with Crippen molar-refractivity contribution in [3.8, 4) is 18.2 Å². The van der Waals surface area contributed by atoms with Crippen LogP contribution in [0.15, 0.2) is 72.4 Å². The number of Topliss-reactive ketones (excluding diaryl/α,β-unsaturated/α-hetero) is 1. The molecule has 0 saturated heterocycles. The number of benzene rings is 2. The number of nitriles is 3. The number of hydrogen-bond donors (Lipinski definition) is 1. The fourth-order valence-electron chi connectivity index (χ4n) is 2.83. The molecule has 0 aliphatic carbocycles. The minimum absolute atomic E-state index is 0.0882. The molecule has 2 aromatic carbocycles. The van der Waals surface area contributed by atoms with E-state index >= 15 is 0 Å². The number of hydrogen-bond acceptors (Lipinski definition) is 5. The maximum absolute atomic E-state index is 12.7. The van der Waals surface area contributed by atoms with Crippen LogP contribution in [0.5, 0.6) is 0 Å². The normalized spacial score (nSPS) is 12.3. The lowest BCUT2D eigenvalue weighted by atomic mass is 9.69. The molecule has 0 aliphatic rings. The van der Waals surface area contributed by atoms with Crippen LogP contribution in [0.2, 0.25) is 0 Å². The van der Waals surface area contributed by atoms with Gasteiger partial charge in [-0.25, -0.2) is 0 Å². The van der Waals surface area contributed by atoms with Crippen LogP contribution in [0.4, 0.5) is 0 Å². The van der Waals surface area contributed by atoms with Crippen LogP contribution in [-0.4, -0.2) is 5.78 Å². The lowest BCUT2D eigenvalue weighted by Gasteiger charge is -2.29. The van der Waals surface area contributed by atoms with E-state index in [1.54, 1.807) is 66.7 Å². The molecule has 2 rings (SSSR count). The number of nitrogens with two attached hydrogens (primary N) is 1. The predicted octanol–water partition coefficient (Wildman–Crippen LogP) is 3.44. The summed E-state index contributed by atoms with van der Waals surface area (Å²) in [6.45, 7) is 0. The van der Waals surface area contributed by atoms with Crippen molar-refractivity contribution >= 4 is 5.78 Å². The summed E-state index contributed by atoms with van der Waals surface area (Å²) in [6, 6.07) is 23.1. The van der Waals surface area contributed by atoms with E-state index in [0.29, 0.717) is 11.1 Å². The first-order valence-electron chi connectivity index (χ1n) is 7.90. The van der Waals surface area contributed by atoms with Gasteiger partial charge in [-0.05, 0) is 5.56 Å². The molecule has 26 heavy (non-hydrogen) atoms. The molecule has 0 heterocycles. The van der Waals surface area contributed by atoms with Crippen molar-refractivity contribution in [2.45, 2.75) is 12.3 Å². The van der Waals surface area contributed by atoms with Crippen LogP contribution < -0.4 is 5.73 Å². The minimum atomic E-state index is -1.82. The number of carbonyl (C=O) groups excluding carboxylic acids is 1. The van der Waals surface area contributed by atoms with Gasteiger partial charge in [0.2, 0.25) is 0 Å². The Morgan fingerprint density at radius 2 is 1.54 bits per heavy atom. The Morgan fingerprint density at radius 3 is 2.04 bits per heavy atom. The van der Waals surface area contributed by atoms with Crippen LogP contribution in [0.1, 0.15) is 28.3 Å². The fraction of sp³-hybridized carbons (Fsp3) is 0.143. The second-order valence-corrected chi connectivity index (χ2v) is 5.72. The predicted molar refractivity (Wildman–Crippen MR) is 96.1 cm³/mol. The number of ketones is 1. The molecule has 5 heteroatoms. The molecule has 0 saturated carbocycles. The molecule has 0 radical (unpaired) electrons. The number of allylic oxidation sites excluding steroid dienone is 2. The second-order valence-electron chi connectivity index (χ2n) is 5.72. The largest absolute Gasteiger partial charge is 0.399 e. The lowest BCUT2D eigenvalue weighted by Crippen LogP contribution is -2.33. The van der Waals surface area contributed by atoms with E-state index in [1.165, 1.54) is 0 Å². The summed E-state index contributed by atoms with van der Waals surface area (Å²) in [4.78, 5) is 12.7. The molecule has 0 bridgehead atoms. The lowest BCUT2D eigenvalue weighted by molar-refractivity contribution is 0.0965. The molecular formula is C21H16N4O. The average molecular weight is 340 g/mol. The zero-order valence-corrected chi connectivity index (χ0v) is 14.0. The van der Waals surface area contributed by atoms with Gasteiger partial charge >= 0.3 is 0 Å².